The molecule has 0 spiro atoms. The highest BCUT2D eigenvalue weighted by atomic mass is 35.7. The molecule has 10 heavy (non-hydrogen) atoms. The molecule has 0 aliphatic carbocycles. The summed E-state index contributed by atoms with van der Waals surface area (Å²) >= 11 is 0. The maximum Gasteiger partial charge on any atom is 0.234 e. The summed E-state index contributed by atoms with van der Waals surface area (Å²) in [7, 11) is 3.40. The minimum absolute atomic E-state index is 0.00154. The molecule has 0 radical (unpaired) electrons. The van der Waals surface area contributed by atoms with Crippen LogP contribution in [0.1, 0.15) is 13.3 Å². The molecule has 0 aliphatic rings. The van der Waals surface area contributed by atoms with E-state index in [9.17, 15) is 8.42 Å². The Morgan fingerprint density at radius 2 is 2.10 bits per heavy atom. The van der Waals surface area contributed by atoms with Gasteiger partial charge in [0.1, 0.15) is 0 Å². The maximum atomic E-state index is 10.5. The van der Waals surface area contributed by atoms with Gasteiger partial charge in [-0.05, 0) is 13.5 Å². The predicted molar refractivity (Wildman–Crippen MR) is 42.8 cm³/mol. The molecule has 0 aliphatic heterocycles. The van der Waals surface area contributed by atoms with Crippen LogP contribution in [-0.4, -0.2) is 27.3 Å². The summed E-state index contributed by atoms with van der Waals surface area (Å²) < 4.78 is 21.0. The quantitative estimate of drug-likeness (QED) is 0.651. The Bertz CT molecular complexity index is 174. The van der Waals surface area contributed by atoms with Gasteiger partial charge in [-0.25, -0.2) is 8.42 Å². The topological polar surface area (TPSA) is 46.2 Å². The summed E-state index contributed by atoms with van der Waals surface area (Å²) in [5.41, 5.74) is 0. The average Bonchev–Trinajstić information content (AvgIpc) is 1.81. The van der Waals surface area contributed by atoms with E-state index in [0.717, 1.165) is 6.42 Å². The molecule has 0 aromatic carbocycles. The molecule has 1 atom stereocenters. The van der Waals surface area contributed by atoms with Crippen molar-refractivity contribution in [1.29, 1.82) is 0 Å². The number of hydrogen-bond donors (Lipinski definition) is 1. The third kappa shape index (κ3) is 5.02. The normalized spacial score (nSPS) is 15.1. The van der Waals surface area contributed by atoms with Crippen molar-refractivity contribution < 1.29 is 8.42 Å². The number of rotatable bonds is 4. The first-order valence-electron chi connectivity index (χ1n) is 3.09. The van der Waals surface area contributed by atoms with Crippen molar-refractivity contribution in [2.24, 2.45) is 0 Å². The van der Waals surface area contributed by atoms with E-state index >= 15 is 0 Å². The van der Waals surface area contributed by atoms with Gasteiger partial charge in [-0.1, -0.05) is 6.92 Å². The Balaban J connectivity index is 3.87. The van der Waals surface area contributed by atoms with Crippen LogP contribution < -0.4 is 5.32 Å². The first kappa shape index (κ1) is 10.2. The molecule has 0 rings (SSSR count). The Morgan fingerprint density at radius 3 is 2.20 bits per heavy atom. The van der Waals surface area contributed by atoms with E-state index in [0.29, 0.717) is 0 Å². The molecule has 0 saturated heterocycles. The monoisotopic (exact) mass is 185 g/mol. The lowest BCUT2D eigenvalue weighted by Gasteiger charge is -2.09. The lowest BCUT2D eigenvalue weighted by Crippen LogP contribution is -2.30. The van der Waals surface area contributed by atoms with Gasteiger partial charge in [0.25, 0.3) is 0 Å². The van der Waals surface area contributed by atoms with Gasteiger partial charge < -0.3 is 5.32 Å². The highest BCUT2D eigenvalue weighted by Gasteiger charge is 2.12. The van der Waals surface area contributed by atoms with E-state index in [1.54, 1.807) is 7.05 Å². The van der Waals surface area contributed by atoms with Crippen molar-refractivity contribution in [3.8, 4) is 0 Å². The van der Waals surface area contributed by atoms with Crippen molar-refractivity contribution in [3.05, 3.63) is 0 Å². The molecular weight excluding hydrogens is 174 g/mol. The zero-order valence-electron chi connectivity index (χ0n) is 6.09. The molecule has 0 fully saturated rings. The second kappa shape index (κ2) is 4.16. The van der Waals surface area contributed by atoms with E-state index in [-0.39, 0.29) is 11.8 Å². The van der Waals surface area contributed by atoms with E-state index in [4.69, 9.17) is 10.7 Å². The lowest BCUT2D eigenvalue weighted by molar-refractivity contribution is 0.565. The van der Waals surface area contributed by atoms with Gasteiger partial charge in [0.2, 0.25) is 9.05 Å². The fraction of sp³-hybridized carbons (Fsp3) is 1.00. The second-order valence-corrected chi connectivity index (χ2v) is 4.92. The van der Waals surface area contributed by atoms with Gasteiger partial charge in [0.15, 0.2) is 0 Å². The molecule has 3 nitrogen and oxygen atoms in total. The van der Waals surface area contributed by atoms with Gasteiger partial charge in [0, 0.05) is 16.7 Å². The smallest absolute Gasteiger partial charge is 0.234 e. The van der Waals surface area contributed by atoms with Crippen molar-refractivity contribution in [1.82, 2.24) is 5.32 Å². The van der Waals surface area contributed by atoms with Crippen LogP contribution in [0.15, 0.2) is 0 Å². The van der Waals surface area contributed by atoms with Crippen LogP contribution >= 0.6 is 10.7 Å². The van der Waals surface area contributed by atoms with Crippen LogP contribution in [0.5, 0.6) is 0 Å². The van der Waals surface area contributed by atoms with Crippen LogP contribution in [0.3, 0.4) is 0 Å². The molecule has 0 aromatic rings. The second-order valence-electron chi connectivity index (χ2n) is 2.10. The summed E-state index contributed by atoms with van der Waals surface area (Å²) in [6.45, 7) is 1.91. The summed E-state index contributed by atoms with van der Waals surface area (Å²) in [5.74, 6) is 0.00154. The summed E-state index contributed by atoms with van der Waals surface area (Å²) in [6, 6.07) is -0.0255. The molecule has 0 heterocycles. The third-order valence-corrected chi connectivity index (χ3v) is 2.48. The fourth-order valence-corrected chi connectivity index (χ4v) is 1.98. The van der Waals surface area contributed by atoms with Gasteiger partial charge >= 0.3 is 0 Å². The molecule has 5 heteroatoms. The molecule has 0 saturated carbocycles. The molecule has 0 bridgehead atoms. The zero-order valence-corrected chi connectivity index (χ0v) is 7.67. The standard InChI is InChI=1S/C5H12ClNO2S/c1-3-5(7-2)4-10(6,8)9/h5,7H,3-4H2,1-2H3. The van der Waals surface area contributed by atoms with Crippen molar-refractivity contribution >= 4 is 19.7 Å². The maximum absolute atomic E-state index is 10.5. The van der Waals surface area contributed by atoms with Crippen LogP contribution in [0.2, 0.25) is 0 Å². The predicted octanol–water partition coefficient (Wildman–Crippen LogP) is 0.553. The Morgan fingerprint density at radius 1 is 1.60 bits per heavy atom. The third-order valence-electron chi connectivity index (χ3n) is 1.30. The van der Waals surface area contributed by atoms with E-state index in [2.05, 4.69) is 5.32 Å². The first-order valence-corrected chi connectivity index (χ1v) is 5.57. The average molecular weight is 186 g/mol. The minimum Gasteiger partial charge on any atom is -0.316 e. The molecule has 0 amide bonds. The van der Waals surface area contributed by atoms with Crippen molar-refractivity contribution in [2.75, 3.05) is 12.8 Å². The van der Waals surface area contributed by atoms with Gasteiger partial charge in [-0.3, -0.25) is 0 Å². The van der Waals surface area contributed by atoms with E-state index < -0.39 is 9.05 Å². The largest absolute Gasteiger partial charge is 0.316 e. The Kier molecular flexibility index (Phi) is 4.24. The summed E-state index contributed by atoms with van der Waals surface area (Å²) in [4.78, 5) is 0. The molecule has 1 unspecified atom stereocenters. The molecule has 1 N–H and O–H groups in total. The summed E-state index contributed by atoms with van der Waals surface area (Å²) in [6.07, 6.45) is 0.766. The fourth-order valence-electron chi connectivity index (χ4n) is 0.646. The highest BCUT2D eigenvalue weighted by molar-refractivity contribution is 8.13. The van der Waals surface area contributed by atoms with Crippen molar-refractivity contribution in [2.45, 2.75) is 19.4 Å². The van der Waals surface area contributed by atoms with Crippen LogP contribution in [0, 0.1) is 0 Å². The highest BCUT2D eigenvalue weighted by Crippen LogP contribution is 2.01. The Labute approximate surface area is 66.2 Å². The number of nitrogens with one attached hydrogen (secondary N) is 1. The van der Waals surface area contributed by atoms with Crippen LogP contribution in [-0.2, 0) is 9.05 Å². The molecule has 0 aromatic heterocycles. The van der Waals surface area contributed by atoms with Crippen LogP contribution in [0.25, 0.3) is 0 Å². The SMILES string of the molecule is CCC(CS(=O)(=O)Cl)NC. The van der Waals surface area contributed by atoms with Gasteiger partial charge in [0.05, 0.1) is 5.75 Å². The van der Waals surface area contributed by atoms with E-state index in [1.807, 2.05) is 6.92 Å². The van der Waals surface area contributed by atoms with Crippen LogP contribution in [0.4, 0.5) is 0 Å². The van der Waals surface area contributed by atoms with Gasteiger partial charge in [-0.2, -0.15) is 0 Å². The lowest BCUT2D eigenvalue weighted by atomic mass is 10.3. The van der Waals surface area contributed by atoms with E-state index in [1.165, 1.54) is 0 Å². The summed E-state index contributed by atoms with van der Waals surface area (Å²) in [5, 5.41) is 2.84. The number of halogens is 1. The number of hydrogen-bond acceptors (Lipinski definition) is 3. The minimum atomic E-state index is -3.34. The Hall–Kier alpha value is 0.200. The first-order chi connectivity index (χ1) is 4.49. The van der Waals surface area contributed by atoms with Gasteiger partial charge in [-0.15, -0.1) is 0 Å². The zero-order chi connectivity index (χ0) is 8.20. The van der Waals surface area contributed by atoms with Crippen molar-refractivity contribution in [3.63, 3.8) is 0 Å². The molecule has 62 valence electrons. The molecular formula is C5H12ClNO2S.